The summed E-state index contributed by atoms with van der Waals surface area (Å²) >= 11 is 0. The lowest BCUT2D eigenvalue weighted by atomic mass is 9.33. The summed E-state index contributed by atoms with van der Waals surface area (Å²) in [7, 11) is 0. The predicted molar refractivity (Wildman–Crippen MR) is 157 cm³/mol. The van der Waals surface area contributed by atoms with Crippen LogP contribution in [0.3, 0.4) is 0 Å². The molecule has 4 unspecified atom stereocenters. The van der Waals surface area contributed by atoms with Crippen LogP contribution in [0.15, 0.2) is 42.5 Å². The fraction of sp³-hybridized carbons (Fsp3) is 0.471. The van der Waals surface area contributed by atoms with Crippen LogP contribution in [0.1, 0.15) is 87.5 Å². The highest BCUT2D eigenvalue weighted by atomic mass is 19.2. The lowest BCUT2D eigenvalue weighted by molar-refractivity contribution is -0.0618. The van der Waals surface area contributed by atoms with E-state index in [4.69, 9.17) is 0 Å². The predicted octanol–water partition coefficient (Wildman–Crippen LogP) is 6.74. The Morgan fingerprint density at radius 3 is 2.03 bits per heavy atom. The van der Waals surface area contributed by atoms with Crippen molar-refractivity contribution in [1.82, 2.24) is 0 Å². The van der Waals surface area contributed by atoms with E-state index in [-0.39, 0.29) is 30.5 Å². The van der Waals surface area contributed by atoms with Gasteiger partial charge in [-0.2, -0.15) is 0 Å². The minimum absolute atomic E-state index is 0.0212. The van der Waals surface area contributed by atoms with Gasteiger partial charge in [0.2, 0.25) is 5.79 Å². The van der Waals surface area contributed by atoms with E-state index in [0.717, 1.165) is 35.2 Å². The Hall–Kier alpha value is -2.82. The van der Waals surface area contributed by atoms with E-state index >= 15 is 8.78 Å². The molecule has 0 bridgehead atoms. The summed E-state index contributed by atoms with van der Waals surface area (Å²) < 4.78 is 34.8. The van der Waals surface area contributed by atoms with Gasteiger partial charge < -0.3 is 9.80 Å². The molecular weight excluding hydrogens is 485 g/mol. The number of anilines is 4. The van der Waals surface area contributed by atoms with Crippen molar-refractivity contribution in [2.45, 2.75) is 101 Å². The summed E-state index contributed by atoms with van der Waals surface area (Å²) in [5.74, 6) is -2.05. The average molecular weight is 520 g/mol. The lowest BCUT2D eigenvalue weighted by Gasteiger charge is -2.53. The van der Waals surface area contributed by atoms with Crippen molar-refractivity contribution in [2.24, 2.45) is 0 Å². The highest BCUT2D eigenvalue weighted by Gasteiger charge is 2.69. The van der Waals surface area contributed by atoms with Crippen LogP contribution in [-0.4, -0.2) is 18.0 Å². The van der Waals surface area contributed by atoms with E-state index in [1.165, 1.54) is 52.7 Å². The minimum Gasteiger partial charge on any atom is -0.335 e. The topological polar surface area (TPSA) is 6.48 Å². The first-order valence-electron chi connectivity index (χ1n) is 15.1. The summed E-state index contributed by atoms with van der Waals surface area (Å²) in [6, 6.07) is 15.3. The van der Waals surface area contributed by atoms with Crippen molar-refractivity contribution in [3.63, 3.8) is 0 Å². The standard InChI is InChI=1S/C34H35BF2N2/c1-20-12-14-22-29-26(20)31(3)16-5-6-17-32(31,4)38(29)24-10-9-11-25-28(24)35(22)23-15-13-21(2)27-30(23)39(25)34(37)19-8-7-18-33(27,34)36/h9-15H,5-8,16-19H2,1-4H3. The van der Waals surface area contributed by atoms with Crippen molar-refractivity contribution < 1.29 is 8.78 Å². The molecule has 3 aromatic rings. The van der Waals surface area contributed by atoms with Gasteiger partial charge in [-0.25, -0.2) is 8.78 Å². The van der Waals surface area contributed by atoms with Gasteiger partial charge in [-0.1, -0.05) is 50.1 Å². The molecule has 2 nitrogen and oxygen atoms in total. The third-order valence-electron chi connectivity index (χ3n) is 12.2. The van der Waals surface area contributed by atoms with Crippen molar-refractivity contribution >= 4 is 45.9 Å². The molecule has 2 aliphatic carbocycles. The Bertz CT molecular complexity index is 1530. The Morgan fingerprint density at radius 2 is 1.28 bits per heavy atom. The molecule has 6 aliphatic rings. The summed E-state index contributed by atoms with van der Waals surface area (Å²) in [5.41, 5.74) is 10.2. The van der Waals surface area contributed by atoms with E-state index in [9.17, 15) is 0 Å². The number of halogens is 2. The smallest absolute Gasteiger partial charge is 0.252 e. The van der Waals surface area contributed by atoms with Crippen LogP contribution in [0.25, 0.3) is 0 Å². The molecule has 9 rings (SSSR count). The van der Waals surface area contributed by atoms with Gasteiger partial charge in [0.05, 0.1) is 5.54 Å². The molecule has 5 heteroatoms. The average Bonchev–Trinajstić information content (AvgIpc) is 3.28. The molecule has 198 valence electrons. The molecule has 0 spiro atoms. The second-order valence-electron chi connectivity index (χ2n) is 13.8. The van der Waals surface area contributed by atoms with Gasteiger partial charge in [0.25, 0.3) is 6.71 Å². The SMILES string of the molecule is Cc1ccc2c3c1C1(C)CCCCC1(C)N3c1cccc3c1B2c1ccc(C)c2c1N3C1(F)CCCCC21F. The Labute approximate surface area is 230 Å². The summed E-state index contributed by atoms with van der Waals surface area (Å²) in [6.07, 6.45) is 6.71. The summed E-state index contributed by atoms with van der Waals surface area (Å²) in [5, 5.41) is 0. The minimum atomic E-state index is -2.05. The maximum absolute atomic E-state index is 17.5. The number of nitrogens with zero attached hydrogens (tertiary/aromatic N) is 2. The zero-order chi connectivity index (χ0) is 26.7. The van der Waals surface area contributed by atoms with Gasteiger partial charge in [-0.15, -0.1) is 0 Å². The molecule has 4 atom stereocenters. The third kappa shape index (κ3) is 2.18. The highest BCUT2D eigenvalue weighted by Crippen LogP contribution is 2.66. The Morgan fingerprint density at radius 1 is 0.692 bits per heavy atom. The molecule has 0 saturated heterocycles. The normalized spacial score (nSPS) is 34.4. The second kappa shape index (κ2) is 6.73. The number of hydrogen-bond acceptors (Lipinski definition) is 2. The van der Waals surface area contributed by atoms with Gasteiger partial charge in [-0.05, 0) is 98.1 Å². The van der Waals surface area contributed by atoms with Crippen LogP contribution in [-0.2, 0) is 11.1 Å². The monoisotopic (exact) mass is 520 g/mol. The van der Waals surface area contributed by atoms with Crippen molar-refractivity contribution in [3.8, 4) is 0 Å². The number of aryl methyl sites for hydroxylation is 2. The zero-order valence-corrected chi connectivity index (χ0v) is 23.4. The van der Waals surface area contributed by atoms with Crippen LogP contribution in [0.2, 0.25) is 0 Å². The fourth-order valence-electron chi connectivity index (χ4n) is 10.4. The second-order valence-corrected chi connectivity index (χ2v) is 13.8. The molecule has 0 amide bonds. The van der Waals surface area contributed by atoms with Crippen LogP contribution in [0.5, 0.6) is 0 Å². The van der Waals surface area contributed by atoms with Crippen molar-refractivity contribution in [2.75, 3.05) is 9.80 Å². The number of hydrogen-bond donors (Lipinski definition) is 0. The first-order valence-corrected chi connectivity index (χ1v) is 15.1. The van der Waals surface area contributed by atoms with Gasteiger partial charge >= 0.3 is 0 Å². The highest BCUT2D eigenvalue weighted by molar-refractivity contribution is 7.00. The molecule has 4 aliphatic heterocycles. The first-order chi connectivity index (χ1) is 18.7. The number of fused-ring (bicyclic) bond motifs is 10. The van der Waals surface area contributed by atoms with Crippen molar-refractivity contribution in [3.05, 3.63) is 64.7 Å². The molecule has 2 saturated carbocycles. The first kappa shape index (κ1) is 22.9. The van der Waals surface area contributed by atoms with Gasteiger partial charge in [-0.3, -0.25) is 0 Å². The van der Waals surface area contributed by atoms with Gasteiger partial charge in [0.15, 0.2) is 5.67 Å². The summed E-state index contributed by atoms with van der Waals surface area (Å²) in [6.45, 7) is 9.19. The van der Waals surface area contributed by atoms with Crippen LogP contribution < -0.4 is 26.2 Å². The van der Waals surface area contributed by atoms with E-state index in [1.807, 2.05) is 11.8 Å². The molecular formula is C34H35BF2N2. The van der Waals surface area contributed by atoms with E-state index in [2.05, 4.69) is 68.1 Å². The van der Waals surface area contributed by atoms with E-state index in [1.54, 1.807) is 0 Å². The Balaban J connectivity index is 1.43. The maximum Gasteiger partial charge on any atom is 0.252 e. The number of rotatable bonds is 0. The molecule has 0 radical (unpaired) electrons. The zero-order valence-electron chi connectivity index (χ0n) is 23.4. The largest absolute Gasteiger partial charge is 0.335 e. The van der Waals surface area contributed by atoms with Crippen molar-refractivity contribution in [1.29, 1.82) is 0 Å². The van der Waals surface area contributed by atoms with Gasteiger partial charge in [0, 0.05) is 40.1 Å². The quantitative estimate of drug-likeness (QED) is 0.239. The van der Waals surface area contributed by atoms with E-state index < -0.39 is 11.5 Å². The Kier molecular flexibility index (Phi) is 3.96. The molecule has 4 heterocycles. The third-order valence-corrected chi connectivity index (χ3v) is 12.2. The molecule has 3 aromatic carbocycles. The fourth-order valence-corrected chi connectivity index (χ4v) is 10.4. The number of benzene rings is 3. The molecule has 39 heavy (non-hydrogen) atoms. The molecule has 0 aromatic heterocycles. The maximum atomic E-state index is 17.5. The number of alkyl halides is 2. The lowest BCUT2D eigenvalue weighted by Crippen LogP contribution is -2.66. The van der Waals surface area contributed by atoms with Crippen LogP contribution in [0, 0.1) is 13.8 Å². The molecule has 0 N–H and O–H groups in total. The van der Waals surface area contributed by atoms with Gasteiger partial charge in [0.1, 0.15) is 0 Å². The van der Waals surface area contributed by atoms with Crippen LogP contribution >= 0.6 is 0 Å². The van der Waals surface area contributed by atoms with E-state index in [0.29, 0.717) is 12.0 Å². The summed E-state index contributed by atoms with van der Waals surface area (Å²) in [4.78, 5) is 4.49. The van der Waals surface area contributed by atoms with Crippen LogP contribution in [0.4, 0.5) is 31.5 Å². The molecule has 2 fully saturated rings.